The highest BCUT2D eigenvalue weighted by atomic mass is 16.5. The lowest BCUT2D eigenvalue weighted by Crippen LogP contribution is -2.04. The molecule has 0 aliphatic carbocycles. The number of aliphatic hydroxyl groups is 1. The summed E-state index contributed by atoms with van der Waals surface area (Å²) in [5, 5.41) is 9.45. The molecule has 3 N–H and O–H groups in total. The van der Waals surface area contributed by atoms with Crippen LogP contribution in [0.25, 0.3) is 0 Å². The van der Waals surface area contributed by atoms with Gasteiger partial charge in [0.15, 0.2) is 0 Å². The van der Waals surface area contributed by atoms with Gasteiger partial charge in [0.05, 0.1) is 6.61 Å². The lowest BCUT2D eigenvalue weighted by Gasteiger charge is -2.09. The van der Waals surface area contributed by atoms with Crippen molar-refractivity contribution in [1.29, 1.82) is 0 Å². The van der Waals surface area contributed by atoms with E-state index in [0.717, 1.165) is 5.56 Å². The molecule has 0 saturated heterocycles. The van der Waals surface area contributed by atoms with Gasteiger partial charge in [-0.15, -0.1) is 0 Å². The maximum atomic E-state index is 9.45. The zero-order chi connectivity index (χ0) is 8.97. The lowest BCUT2D eigenvalue weighted by atomic mass is 10.1. The average Bonchev–Trinajstić information content (AvgIpc) is 2.06. The van der Waals surface area contributed by atoms with Crippen LogP contribution in [0.5, 0.6) is 0 Å². The van der Waals surface area contributed by atoms with Crippen molar-refractivity contribution >= 4 is 5.69 Å². The average molecular weight is 167 g/mol. The molecule has 0 saturated carbocycles. The summed E-state index contributed by atoms with van der Waals surface area (Å²) < 4.78 is 4.81. The number of hydrogen-bond acceptors (Lipinski definition) is 3. The molecule has 0 aliphatic heterocycles. The van der Waals surface area contributed by atoms with Gasteiger partial charge in [-0.25, -0.2) is 0 Å². The van der Waals surface area contributed by atoms with E-state index in [1.807, 2.05) is 0 Å². The number of rotatable bonds is 3. The summed E-state index contributed by atoms with van der Waals surface area (Å²) in [6, 6.07) is 7.10. The highest BCUT2D eigenvalue weighted by Gasteiger charge is 2.05. The third-order valence-corrected chi connectivity index (χ3v) is 1.65. The first-order valence-electron chi connectivity index (χ1n) is 3.76. The summed E-state index contributed by atoms with van der Waals surface area (Å²) in [4.78, 5) is 0. The van der Waals surface area contributed by atoms with Gasteiger partial charge in [-0.3, -0.25) is 0 Å². The van der Waals surface area contributed by atoms with E-state index in [4.69, 9.17) is 10.5 Å². The van der Waals surface area contributed by atoms with Crippen LogP contribution >= 0.6 is 0 Å². The molecule has 1 aromatic rings. The second-order valence-corrected chi connectivity index (χ2v) is 2.64. The van der Waals surface area contributed by atoms with Crippen LogP contribution in [0.3, 0.4) is 0 Å². The van der Waals surface area contributed by atoms with Gasteiger partial charge in [-0.2, -0.15) is 0 Å². The topological polar surface area (TPSA) is 55.5 Å². The van der Waals surface area contributed by atoms with E-state index >= 15 is 0 Å². The molecule has 0 heterocycles. The van der Waals surface area contributed by atoms with Gasteiger partial charge in [-0.05, 0) is 17.7 Å². The molecule has 1 rings (SSSR count). The van der Waals surface area contributed by atoms with E-state index in [0.29, 0.717) is 12.3 Å². The molecular weight excluding hydrogens is 154 g/mol. The monoisotopic (exact) mass is 167 g/mol. The van der Waals surface area contributed by atoms with Gasteiger partial charge >= 0.3 is 0 Å². The molecule has 1 unspecified atom stereocenters. The zero-order valence-corrected chi connectivity index (χ0v) is 7.03. The van der Waals surface area contributed by atoms with Crippen LogP contribution in [0, 0.1) is 0 Å². The summed E-state index contributed by atoms with van der Waals surface area (Å²) in [6.45, 7) is 0.309. The maximum absolute atomic E-state index is 9.45. The zero-order valence-electron chi connectivity index (χ0n) is 7.03. The Balaban J connectivity index is 2.68. The van der Waals surface area contributed by atoms with Gasteiger partial charge in [0.1, 0.15) is 6.10 Å². The van der Waals surface area contributed by atoms with Crippen LogP contribution in [-0.2, 0) is 4.74 Å². The van der Waals surface area contributed by atoms with Crippen molar-refractivity contribution in [2.45, 2.75) is 6.10 Å². The number of ether oxygens (including phenoxy) is 1. The molecule has 3 nitrogen and oxygen atoms in total. The molecule has 0 bridgehead atoms. The minimum absolute atomic E-state index is 0.309. The maximum Gasteiger partial charge on any atom is 0.102 e. The van der Waals surface area contributed by atoms with E-state index in [2.05, 4.69) is 0 Å². The Morgan fingerprint density at radius 1 is 1.42 bits per heavy atom. The summed E-state index contributed by atoms with van der Waals surface area (Å²) >= 11 is 0. The molecule has 0 spiro atoms. The van der Waals surface area contributed by atoms with E-state index in [1.165, 1.54) is 0 Å². The number of methoxy groups -OCH3 is 1. The van der Waals surface area contributed by atoms with Crippen LogP contribution < -0.4 is 5.73 Å². The molecule has 3 heteroatoms. The van der Waals surface area contributed by atoms with E-state index < -0.39 is 6.10 Å². The fourth-order valence-corrected chi connectivity index (χ4v) is 0.972. The predicted molar refractivity (Wildman–Crippen MR) is 47.7 cm³/mol. The Kier molecular flexibility index (Phi) is 3.08. The minimum Gasteiger partial charge on any atom is -0.399 e. The van der Waals surface area contributed by atoms with Crippen molar-refractivity contribution in [2.75, 3.05) is 19.5 Å². The number of nitrogen functional groups attached to an aromatic ring is 1. The Hall–Kier alpha value is -1.06. The Morgan fingerprint density at radius 2 is 2.00 bits per heavy atom. The first-order chi connectivity index (χ1) is 5.74. The predicted octanol–water partition coefficient (Wildman–Crippen LogP) is 0.949. The van der Waals surface area contributed by atoms with Gasteiger partial charge in [0, 0.05) is 12.8 Å². The number of aliphatic hydroxyl groups excluding tert-OH is 1. The highest BCUT2D eigenvalue weighted by Crippen LogP contribution is 2.14. The lowest BCUT2D eigenvalue weighted by molar-refractivity contribution is 0.0644. The second-order valence-electron chi connectivity index (χ2n) is 2.64. The third-order valence-electron chi connectivity index (χ3n) is 1.65. The summed E-state index contributed by atoms with van der Waals surface area (Å²) in [5.74, 6) is 0. The van der Waals surface area contributed by atoms with Crippen LogP contribution in [-0.4, -0.2) is 18.8 Å². The molecule has 0 aliphatic rings. The summed E-state index contributed by atoms with van der Waals surface area (Å²) in [5.41, 5.74) is 7.01. The fourth-order valence-electron chi connectivity index (χ4n) is 0.972. The highest BCUT2D eigenvalue weighted by molar-refractivity contribution is 5.39. The smallest absolute Gasteiger partial charge is 0.102 e. The summed E-state index contributed by atoms with van der Waals surface area (Å²) in [6.07, 6.45) is -0.560. The Bertz CT molecular complexity index is 233. The SMILES string of the molecule is COCC(O)c1ccc(N)cc1. The second kappa shape index (κ2) is 4.09. The van der Waals surface area contributed by atoms with Crippen molar-refractivity contribution in [1.82, 2.24) is 0 Å². The number of anilines is 1. The Labute approximate surface area is 71.8 Å². The van der Waals surface area contributed by atoms with Gasteiger partial charge in [0.2, 0.25) is 0 Å². The van der Waals surface area contributed by atoms with Crippen LogP contribution in [0.1, 0.15) is 11.7 Å². The van der Waals surface area contributed by atoms with Gasteiger partial charge in [0.25, 0.3) is 0 Å². The molecule has 1 aromatic carbocycles. The summed E-state index contributed by atoms with van der Waals surface area (Å²) in [7, 11) is 1.56. The van der Waals surface area contributed by atoms with E-state index in [9.17, 15) is 5.11 Å². The van der Waals surface area contributed by atoms with Crippen molar-refractivity contribution in [3.63, 3.8) is 0 Å². The van der Waals surface area contributed by atoms with Crippen molar-refractivity contribution < 1.29 is 9.84 Å². The Morgan fingerprint density at radius 3 is 2.50 bits per heavy atom. The van der Waals surface area contributed by atoms with Crippen molar-refractivity contribution in [2.24, 2.45) is 0 Å². The molecule has 0 aromatic heterocycles. The quantitative estimate of drug-likeness (QED) is 0.659. The van der Waals surface area contributed by atoms with Crippen LogP contribution in [0.4, 0.5) is 5.69 Å². The third kappa shape index (κ3) is 2.22. The van der Waals surface area contributed by atoms with E-state index in [1.54, 1.807) is 31.4 Å². The number of nitrogens with two attached hydrogens (primary N) is 1. The molecule has 0 fully saturated rings. The van der Waals surface area contributed by atoms with Crippen LogP contribution in [0.2, 0.25) is 0 Å². The van der Waals surface area contributed by atoms with Crippen LogP contribution in [0.15, 0.2) is 24.3 Å². The standard InChI is InChI=1S/C9H13NO2/c1-12-6-9(11)7-2-4-8(10)5-3-7/h2-5,9,11H,6,10H2,1H3. The van der Waals surface area contributed by atoms with Crippen molar-refractivity contribution in [3.8, 4) is 0 Å². The first kappa shape index (κ1) is 9.03. The fraction of sp³-hybridized carbons (Fsp3) is 0.333. The normalized spacial score (nSPS) is 12.8. The van der Waals surface area contributed by atoms with Gasteiger partial charge < -0.3 is 15.6 Å². The molecule has 0 radical (unpaired) electrons. The molecule has 66 valence electrons. The molecular formula is C9H13NO2. The number of benzene rings is 1. The minimum atomic E-state index is -0.560. The van der Waals surface area contributed by atoms with E-state index in [-0.39, 0.29) is 0 Å². The van der Waals surface area contributed by atoms with Crippen molar-refractivity contribution in [3.05, 3.63) is 29.8 Å². The molecule has 12 heavy (non-hydrogen) atoms. The number of hydrogen-bond donors (Lipinski definition) is 2. The largest absolute Gasteiger partial charge is 0.399 e. The molecule has 1 atom stereocenters. The first-order valence-corrected chi connectivity index (χ1v) is 3.76. The van der Waals surface area contributed by atoms with Gasteiger partial charge in [-0.1, -0.05) is 12.1 Å². The molecule has 0 amide bonds.